The summed E-state index contributed by atoms with van der Waals surface area (Å²) in [7, 11) is 0. The van der Waals surface area contributed by atoms with Gasteiger partial charge in [-0.3, -0.25) is 4.79 Å². The molecule has 0 aliphatic carbocycles. The van der Waals surface area contributed by atoms with Crippen LogP contribution < -0.4 is 0 Å². The Kier molecular flexibility index (Phi) is 5.44. The number of carbonyl (C=O) groups is 1. The highest BCUT2D eigenvalue weighted by Gasteiger charge is 2.26. The standard InChI is InChI=1S/C12H22ClNO/c1-3-10(2)12(15)14-8-6-4-5-7-11(14)9-13/h10-11H,3-9H2,1-2H3. The number of rotatable bonds is 3. The second-order valence-electron chi connectivity index (χ2n) is 4.50. The van der Waals surface area contributed by atoms with Crippen molar-refractivity contribution in [2.75, 3.05) is 12.4 Å². The molecular weight excluding hydrogens is 210 g/mol. The van der Waals surface area contributed by atoms with Crippen LogP contribution in [-0.2, 0) is 4.79 Å². The molecule has 1 aliphatic heterocycles. The predicted octanol–water partition coefficient (Wildman–Crippen LogP) is 3.04. The SMILES string of the molecule is CCC(C)C(=O)N1CCCCCC1CCl. The lowest BCUT2D eigenvalue weighted by molar-refractivity contribution is -0.137. The van der Waals surface area contributed by atoms with Crippen LogP contribution in [0.5, 0.6) is 0 Å². The van der Waals surface area contributed by atoms with Gasteiger partial charge >= 0.3 is 0 Å². The van der Waals surface area contributed by atoms with Crippen molar-refractivity contribution in [1.82, 2.24) is 4.90 Å². The van der Waals surface area contributed by atoms with Gasteiger partial charge in [0.25, 0.3) is 0 Å². The van der Waals surface area contributed by atoms with Crippen LogP contribution in [0.2, 0.25) is 0 Å². The smallest absolute Gasteiger partial charge is 0.225 e. The molecule has 0 radical (unpaired) electrons. The summed E-state index contributed by atoms with van der Waals surface area (Å²) in [6.07, 6.45) is 5.57. The molecule has 2 unspecified atom stereocenters. The van der Waals surface area contributed by atoms with Crippen molar-refractivity contribution in [3.8, 4) is 0 Å². The lowest BCUT2D eigenvalue weighted by atomic mass is 10.1. The summed E-state index contributed by atoms with van der Waals surface area (Å²) in [6.45, 7) is 4.98. The van der Waals surface area contributed by atoms with Crippen molar-refractivity contribution in [3.05, 3.63) is 0 Å². The second kappa shape index (κ2) is 6.37. The van der Waals surface area contributed by atoms with Gasteiger partial charge in [-0.25, -0.2) is 0 Å². The van der Waals surface area contributed by atoms with Crippen LogP contribution in [0, 0.1) is 5.92 Å². The third-order valence-corrected chi connectivity index (χ3v) is 3.73. The number of carbonyl (C=O) groups excluding carboxylic acids is 1. The van der Waals surface area contributed by atoms with Gasteiger partial charge in [0, 0.05) is 24.4 Å². The summed E-state index contributed by atoms with van der Waals surface area (Å²) in [6, 6.07) is 0.274. The Hall–Kier alpha value is -0.240. The van der Waals surface area contributed by atoms with Crippen LogP contribution >= 0.6 is 11.6 Å². The molecule has 0 aromatic heterocycles. The van der Waals surface area contributed by atoms with Gasteiger partial charge < -0.3 is 4.90 Å². The Morgan fingerprint density at radius 3 is 2.80 bits per heavy atom. The number of hydrogen-bond acceptors (Lipinski definition) is 1. The van der Waals surface area contributed by atoms with Gasteiger partial charge in [0.1, 0.15) is 0 Å². The summed E-state index contributed by atoms with van der Waals surface area (Å²) in [5.74, 6) is 1.03. The van der Waals surface area contributed by atoms with Crippen molar-refractivity contribution in [1.29, 1.82) is 0 Å². The first-order valence-corrected chi connectivity index (χ1v) is 6.60. The van der Waals surface area contributed by atoms with Gasteiger partial charge in [-0.05, 0) is 19.3 Å². The minimum absolute atomic E-state index is 0.147. The van der Waals surface area contributed by atoms with Gasteiger partial charge in [0.2, 0.25) is 5.91 Å². The number of hydrogen-bond donors (Lipinski definition) is 0. The summed E-state index contributed by atoms with van der Waals surface area (Å²) in [5.41, 5.74) is 0. The summed E-state index contributed by atoms with van der Waals surface area (Å²) >= 11 is 5.95. The highest BCUT2D eigenvalue weighted by molar-refractivity contribution is 6.18. The topological polar surface area (TPSA) is 20.3 Å². The molecule has 2 atom stereocenters. The minimum Gasteiger partial charge on any atom is -0.338 e. The molecule has 0 spiro atoms. The van der Waals surface area contributed by atoms with Crippen LogP contribution in [-0.4, -0.2) is 29.3 Å². The quantitative estimate of drug-likeness (QED) is 0.684. The van der Waals surface area contributed by atoms with E-state index >= 15 is 0 Å². The van der Waals surface area contributed by atoms with Crippen LogP contribution in [0.3, 0.4) is 0 Å². The fourth-order valence-corrected chi connectivity index (χ4v) is 2.41. The van der Waals surface area contributed by atoms with E-state index in [-0.39, 0.29) is 12.0 Å². The third-order valence-electron chi connectivity index (χ3n) is 3.37. The molecule has 0 N–H and O–H groups in total. The molecule has 2 nitrogen and oxygen atoms in total. The normalized spacial score (nSPS) is 24.7. The highest BCUT2D eigenvalue weighted by atomic mass is 35.5. The Labute approximate surface area is 98.0 Å². The molecule has 0 aromatic rings. The van der Waals surface area contributed by atoms with E-state index in [4.69, 9.17) is 11.6 Å². The zero-order valence-electron chi connectivity index (χ0n) is 9.84. The molecule has 1 rings (SSSR count). The molecule has 0 aromatic carbocycles. The maximum absolute atomic E-state index is 12.1. The zero-order valence-corrected chi connectivity index (χ0v) is 10.6. The van der Waals surface area contributed by atoms with E-state index in [1.54, 1.807) is 0 Å². The van der Waals surface area contributed by atoms with E-state index in [0.717, 1.165) is 25.8 Å². The molecule has 1 heterocycles. The van der Waals surface area contributed by atoms with Crippen LogP contribution in [0.25, 0.3) is 0 Å². The summed E-state index contributed by atoms with van der Waals surface area (Å²) in [5, 5.41) is 0. The molecule has 15 heavy (non-hydrogen) atoms. The van der Waals surface area contributed by atoms with Crippen LogP contribution in [0.4, 0.5) is 0 Å². The van der Waals surface area contributed by atoms with Crippen molar-refractivity contribution in [2.24, 2.45) is 5.92 Å². The van der Waals surface area contributed by atoms with E-state index in [0.29, 0.717) is 11.8 Å². The van der Waals surface area contributed by atoms with Crippen molar-refractivity contribution >= 4 is 17.5 Å². The molecule has 88 valence electrons. The van der Waals surface area contributed by atoms with Crippen LogP contribution in [0.1, 0.15) is 46.0 Å². The molecule has 1 aliphatic rings. The van der Waals surface area contributed by atoms with Crippen LogP contribution in [0.15, 0.2) is 0 Å². The Morgan fingerprint density at radius 2 is 2.20 bits per heavy atom. The maximum atomic E-state index is 12.1. The van der Waals surface area contributed by atoms with Crippen molar-refractivity contribution in [2.45, 2.75) is 52.0 Å². The zero-order chi connectivity index (χ0) is 11.3. The average Bonchev–Trinajstić information content (AvgIpc) is 2.51. The largest absolute Gasteiger partial charge is 0.338 e. The predicted molar refractivity (Wildman–Crippen MR) is 64.1 cm³/mol. The summed E-state index contributed by atoms with van der Waals surface area (Å²) < 4.78 is 0. The molecule has 1 amide bonds. The molecule has 1 saturated heterocycles. The lowest BCUT2D eigenvalue weighted by Crippen LogP contribution is -2.43. The van der Waals surface area contributed by atoms with E-state index in [1.165, 1.54) is 12.8 Å². The van der Waals surface area contributed by atoms with Gasteiger partial charge in [-0.1, -0.05) is 26.7 Å². The average molecular weight is 232 g/mol. The summed E-state index contributed by atoms with van der Waals surface area (Å²) in [4.78, 5) is 14.1. The van der Waals surface area contributed by atoms with E-state index in [9.17, 15) is 4.79 Å². The number of halogens is 1. The van der Waals surface area contributed by atoms with Crippen molar-refractivity contribution in [3.63, 3.8) is 0 Å². The highest BCUT2D eigenvalue weighted by Crippen LogP contribution is 2.20. The monoisotopic (exact) mass is 231 g/mol. The molecule has 0 bridgehead atoms. The van der Waals surface area contributed by atoms with E-state index in [2.05, 4.69) is 6.92 Å². The molecule has 1 fully saturated rings. The Morgan fingerprint density at radius 1 is 1.47 bits per heavy atom. The molecule has 3 heteroatoms. The van der Waals surface area contributed by atoms with E-state index in [1.807, 2.05) is 11.8 Å². The fraction of sp³-hybridized carbons (Fsp3) is 0.917. The number of alkyl halides is 1. The first-order chi connectivity index (χ1) is 7.20. The minimum atomic E-state index is 0.147. The molecule has 0 saturated carbocycles. The number of nitrogens with zero attached hydrogens (tertiary/aromatic N) is 1. The van der Waals surface area contributed by atoms with Gasteiger partial charge in [0.15, 0.2) is 0 Å². The second-order valence-corrected chi connectivity index (χ2v) is 4.81. The van der Waals surface area contributed by atoms with Gasteiger partial charge in [-0.2, -0.15) is 0 Å². The Bertz CT molecular complexity index is 208. The third kappa shape index (κ3) is 3.37. The first kappa shape index (κ1) is 12.8. The maximum Gasteiger partial charge on any atom is 0.225 e. The number of amides is 1. The molecular formula is C12H22ClNO. The fourth-order valence-electron chi connectivity index (χ4n) is 2.09. The van der Waals surface area contributed by atoms with Gasteiger partial charge in [-0.15, -0.1) is 11.6 Å². The first-order valence-electron chi connectivity index (χ1n) is 6.07. The van der Waals surface area contributed by atoms with Crippen molar-refractivity contribution < 1.29 is 4.79 Å². The Balaban J connectivity index is 2.65. The number of likely N-dealkylation sites (tertiary alicyclic amines) is 1. The van der Waals surface area contributed by atoms with Gasteiger partial charge in [0.05, 0.1) is 0 Å². The van der Waals surface area contributed by atoms with E-state index < -0.39 is 0 Å². The lowest BCUT2D eigenvalue weighted by Gasteiger charge is -2.30.